The Morgan fingerprint density at radius 3 is 2.43 bits per heavy atom. The number of imidazole rings is 1. The van der Waals surface area contributed by atoms with Crippen LogP contribution in [0.4, 0.5) is 4.39 Å². The molecule has 1 saturated carbocycles. The van der Waals surface area contributed by atoms with Gasteiger partial charge in [0, 0.05) is 18.2 Å². The van der Waals surface area contributed by atoms with Crippen molar-refractivity contribution in [1.29, 1.82) is 0 Å². The SMILES string of the molecule is C=C(/C(F)=C\C(=C/C)c1ccc(C2CCC(CC(=O)O)CC2)cc1)c1nc2ccc(S(C)(=O)=O)cc2[nH]1. The Morgan fingerprint density at radius 2 is 1.84 bits per heavy atom. The van der Waals surface area contributed by atoms with Crippen molar-refractivity contribution in [3.05, 3.63) is 84.0 Å². The van der Waals surface area contributed by atoms with E-state index in [0.29, 0.717) is 22.5 Å². The van der Waals surface area contributed by atoms with Crippen LogP contribution in [0.25, 0.3) is 22.2 Å². The number of sulfone groups is 1. The van der Waals surface area contributed by atoms with Crippen LogP contribution in [-0.4, -0.2) is 35.7 Å². The number of benzene rings is 2. The summed E-state index contributed by atoms with van der Waals surface area (Å²) >= 11 is 0. The number of carbonyl (C=O) groups is 1. The van der Waals surface area contributed by atoms with E-state index in [2.05, 4.69) is 28.7 Å². The lowest BCUT2D eigenvalue weighted by Gasteiger charge is -2.28. The summed E-state index contributed by atoms with van der Waals surface area (Å²) in [6.45, 7) is 5.69. The number of hydrogen-bond donors (Lipinski definition) is 2. The van der Waals surface area contributed by atoms with Gasteiger partial charge in [-0.05, 0) is 85.4 Å². The highest BCUT2D eigenvalue weighted by atomic mass is 32.2. The Hall–Kier alpha value is -3.52. The zero-order valence-electron chi connectivity index (χ0n) is 21.0. The maximum absolute atomic E-state index is 15.2. The van der Waals surface area contributed by atoms with E-state index in [-0.39, 0.29) is 28.6 Å². The topological polar surface area (TPSA) is 100 Å². The number of hydrogen-bond acceptors (Lipinski definition) is 4. The lowest BCUT2D eigenvalue weighted by atomic mass is 9.77. The molecular formula is C29H31FN2O4S. The van der Waals surface area contributed by atoms with Gasteiger partial charge in [0.2, 0.25) is 0 Å². The van der Waals surface area contributed by atoms with E-state index in [1.165, 1.54) is 23.8 Å². The number of carboxylic acids is 1. The van der Waals surface area contributed by atoms with Crippen molar-refractivity contribution in [3.63, 3.8) is 0 Å². The predicted octanol–water partition coefficient (Wildman–Crippen LogP) is 6.69. The lowest BCUT2D eigenvalue weighted by Crippen LogP contribution is -2.16. The number of aromatic amines is 1. The second kappa shape index (κ2) is 10.8. The molecule has 0 spiro atoms. The van der Waals surface area contributed by atoms with Gasteiger partial charge < -0.3 is 10.1 Å². The molecule has 6 nitrogen and oxygen atoms in total. The molecule has 1 aliphatic rings. The summed E-state index contributed by atoms with van der Waals surface area (Å²) in [5.41, 5.74) is 3.88. The average molecular weight is 523 g/mol. The van der Waals surface area contributed by atoms with Crippen LogP contribution in [-0.2, 0) is 14.6 Å². The number of fused-ring (bicyclic) bond motifs is 1. The van der Waals surface area contributed by atoms with Crippen molar-refractivity contribution < 1.29 is 22.7 Å². The minimum absolute atomic E-state index is 0.0752. The van der Waals surface area contributed by atoms with Gasteiger partial charge in [-0.1, -0.05) is 36.9 Å². The van der Waals surface area contributed by atoms with Crippen LogP contribution < -0.4 is 0 Å². The van der Waals surface area contributed by atoms with Crippen LogP contribution in [0.15, 0.2) is 71.9 Å². The van der Waals surface area contributed by atoms with E-state index in [4.69, 9.17) is 5.11 Å². The van der Waals surface area contributed by atoms with Crippen molar-refractivity contribution in [2.24, 2.45) is 5.92 Å². The number of carboxylic acid groups (broad SMARTS) is 1. The van der Waals surface area contributed by atoms with Crippen molar-refractivity contribution in [2.75, 3.05) is 6.26 Å². The number of nitrogens with zero attached hydrogens (tertiary/aromatic N) is 1. The Morgan fingerprint density at radius 1 is 1.16 bits per heavy atom. The first-order chi connectivity index (χ1) is 17.5. The lowest BCUT2D eigenvalue weighted by molar-refractivity contribution is -0.138. The quantitative estimate of drug-likeness (QED) is 0.321. The fraction of sp³-hybridized carbons (Fsp3) is 0.310. The van der Waals surface area contributed by atoms with Gasteiger partial charge in [-0.2, -0.15) is 0 Å². The normalized spacial score (nSPS) is 19.2. The molecule has 1 aromatic heterocycles. The Balaban J connectivity index is 1.47. The predicted molar refractivity (Wildman–Crippen MR) is 144 cm³/mol. The van der Waals surface area contributed by atoms with E-state index >= 15 is 4.39 Å². The van der Waals surface area contributed by atoms with Crippen LogP contribution in [0.5, 0.6) is 0 Å². The molecule has 2 aromatic carbocycles. The maximum Gasteiger partial charge on any atom is 0.303 e. The van der Waals surface area contributed by atoms with Gasteiger partial charge in [0.1, 0.15) is 11.7 Å². The van der Waals surface area contributed by atoms with E-state index in [1.54, 1.807) is 6.07 Å². The summed E-state index contributed by atoms with van der Waals surface area (Å²) in [6.07, 6.45) is 8.43. The van der Waals surface area contributed by atoms with Crippen molar-refractivity contribution in [3.8, 4) is 0 Å². The summed E-state index contributed by atoms with van der Waals surface area (Å²) in [5.74, 6) is -0.361. The monoisotopic (exact) mass is 522 g/mol. The third kappa shape index (κ3) is 6.25. The molecule has 0 atom stereocenters. The van der Waals surface area contributed by atoms with Gasteiger partial charge in [-0.25, -0.2) is 17.8 Å². The summed E-state index contributed by atoms with van der Waals surface area (Å²) in [6, 6.07) is 12.6. The van der Waals surface area contributed by atoms with E-state index in [1.807, 2.05) is 25.1 Å². The molecule has 0 aliphatic heterocycles. The van der Waals surface area contributed by atoms with Crippen molar-refractivity contribution >= 4 is 38.0 Å². The first kappa shape index (κ1) is 26.5. The van der Waals surface area contributed by atoms with Gasteiger partial charge in [0.15, 0.2) is 9.84 Å². The first-order valence-corrected chi connectivity index (χ1v) is 14.2. The highest BCUT2D eigenvalue weighted by Gasteiger charge is 2.24. The van der Waals surface area contributed by atoms with E-state index in [0.717, 1.165) is 37.5 Å². The average Bonchev–Trinajstić information content (AvgIpc) is 3.30. The Bertz CT molecular complexity index is 1490. The van der Waals surface area contributed by atoms with Gasteiger partial charge in [0.25, 0.3) is 0 Å². The van der Waals surface area contributed by atoms with Crippen molar-refractivity contribution in [1.82, 2.24) is 9.97 Å². The molecule has 0 bridgehead atoms. The van der Waals surface area contributed by atoms with Gasteiger partial charge in [0.05, 0.1) is 15.9 Å². The maximum atomic E-state index is 15.2. The summed E-state index contributed by atoms with van der Waals surface area (Å²) < 4.78 is 38.9. The second-order valence-electron chi connectivity index (χ2n) is 9.69. The number of nitrogens with one attached hydrogen (secondary N) is 1. The molecule has 0 amide bonds. The molecule has 194 valence electrons. The third-order valence-electron chi connectivity index (χ3n) is 7.07. The molecule has 1 fully saturated rings. The fourth-order valence-electron chi connectivity index (χ4n) is 4.93. The molecule has 0 radical (unpaired) electrons. The molecule has 2 N–H and O–H groups in total. The molecule has 4 rings (SSSR count). The highest BCUT2D eigenvalue weighted by Crippen LogP contribution is 2.37. The van der Waals surface area contributed by atoms with Crippen LogP contribution in [0.1, 0.15) is 61.9 Å². The molecule has 8 heteroatoms. The summed E-state index contributed by atoms with van der Waals surface area (Å²) in [7, 11) is -3.37. The second-order valence-corrected chi connectivity index (χ2v) is 11.7. The summed E-state index contributed by atoms with van der Waals surface area (Å²) in [4.78, 5) is 18.5. The number of H-pyrrole nitrogens is 1. The smallest absolute Gasteiger partial charge is 0.303 e. The Kier molecular flexibility index (Phi) is 7.78. The molecular weight excluding hydrogens is 491 g/mol. The first-order valence-electron chi connectivity index (χ1n) is 12.3. The number of aromatic nitrogens is 2. The molecule has 3 aromatic rings. The third-order valence-corrected chi connectivity index (χ3v) is 8.18. The van der Waals surface area contributed by atoms with Gasteiger partial charge in [-0.3, -0.25) is 4.79 Å². The van der Waals surface area contributed by atoms with E-state index in [9.17, 15) is 13.2 Å². The van der Waals surface area contributed by atoms with Crippen molar-refractivity contribution in [2.45, 2.75) is 49.8 Å². The zero-order valence-corrected chi connectivity index (χ0v) is 21.8. The molecule has 1 heterocycles. The minimum Gasteiger partial charge on any atom is -0.481 e. The van der Waals surface area contributed by atoms with Gasteiger partial charge >= 0.3 is 5.97 Å². The van der Waals surface area contributed by atoms with Crippen LogP contribution >= 0.6 is 0 Å². The van der Waals surface area contributed by atoms with Gasteiger partial charge in [-0.15, -0.1) is 0 Å². The number of halogens is 1. The Labute approximate surface area is 216 Å². The standard InChI is InChI=1S/C29H31FN2O4S/c1-4-20(21-9-11-23(12-10-21)22-7-5-19(6-8-22)15-28(33)34)16-25(30)18(2)29-31-26-14-13-24(37(3,35)36)17-27(26)32-29/h4,9-14,16-17,19,22H,2,5-8,15H2,1,3H3,(H,31,32)(H,33,34)/b20-4+,25-16+. The van der Waals surface area contributed by atoms with E-state index < -0.39 is 21.6 Å². The van der Waals surface area contributed by atoms with Crippen LogP contribution in [0, 0.1) is 5.92 Å². The molecule has 0 saturated heterocycles. The summed E-state index contributed by atoms with van der Waals surface area (Å²) in [5, 5.41) is 9.02. The fourth-order valence-corrected chi connectivity index (χ4v) is 5.57. The van der Waals surface area contributed by atoms with Crippen LogP contribution in [0.2, 0.25) is 0 Å². The molecule has 37 heavy (non-hydrogen) atoms. The number of rotatable bonds is 8. The number of aliphatic carboxylic acids is 1. The number of allylic oxidation sites excluding steroid dienone is 5. The highest BCUT2D eigenvalue weighted by molar-refractivity contribution is 7.90. The molecule has 0 unspecified atom stereocenters. The van der Waals surface area contributed by atoms with Crippen LogP contribution in [0.3, 0.4) is 0 Å². The minimum atomic E-state index is -3.37. The molecule has 1 aliphatic carbocycles. The largest absolute Gasteiger partial charge is 0.481 e. The zero-order chi connectivity index (χ0) is 26.7.